The van der Waals surface area contributed by atoms with Gasteiger partial charge in [0, 0.05) is 38.6 Å². The maximum Gasteiger partial charge on any atom is 0.301 e. The van der Waals surface area contributed by atoms with E-state index in [2.05, 4.69) is 4.72 Å². The Morgan fingerprint density at radius 3 is 2.29 bits per heavy atom. The lowest BCUT2D eigenvalue weighted by Crippen LogP contribution is -2.42. The fourth-order valence-corrected chi connectivity index (χ4v) is 3.68. The molecule has 1 aromatic rings. The van der Waals surface area contributed by atoms with E-state index >= 15 is 0 Å². The Bertz CT molecular complexity index is 549. The number of anilines is 2. The molecule has 1 heterocycles. The third kappa shape index (κ3) is 4.09. The van der Waals surface area contributed by atoms with Crippen LogP contribution in [0.3, 0.4) is 0 Å². The van der Waals surface area contributed by atoms with E-state index in [0.717, 1.165) is 18.5 Å². The molecule has 2 rings (SSSR count). The van der Waals surface area contributed by atoms with Crippen molar-refractivity contribution in [2.75, 3.05) is 43.4 Å². The molecule has 0 unspecified atom stereocenters. The van der Waals surface area contributed by atoms with Crippen LogP contribution in [-0.2, 0) is 10.2 Å². The van der Waals surface area contributed by atoms with E-state index < -0.39 is 10.2 Å². The summed E-state index contributed by atoms with van der Waals surface area (Å²) in [6, 6.07) is 7.33. The van der Waals surface area contributed by atoms with Crippen molar-refractivity contribution < 1.29 is 8.42 Å². The molecule has 21 heavy (non-hydrogen) atoms. The third-order valence-corrected chi connectivity index (χ3v) is 5.42. The summed E-state index contributed by atoms with van der Waals surface area (Å²) in [7, 11) is 0.418. The average molecular weight is 312 g/mol. The maximum atomic E-state index is 12.3. The maximum absolute atomic E-state index is 12.3. The molecule has 0 aromatic heterocycles. The number of benzene rings is 1. The molecule has 0 atom stereocenters. The molecule has 0 radical (unpaired) electrons. The van der Waals surface area contributed by atoms with Crippen molar-refractivity contribution in [2.24, 2.45) is 11.7 Å². The van der Waals surface area contributed by atoms with Gasteiger partial charge in [-0.05, 0) is 49.6 Å². The van der Waals surface area contributed by atoms with E-state index in [9.17, 15) is 8.42 Å². The number of piperidine rings is 1. The highest BCUT2D eigenvalue weighted by atomic mass is 32.2. The Balaban J connectivity index is 2.01. The van der Waals surface area contributed by atoms with Crippen molar-refractivity contribution in [1.29, 1.82) is 0 Å². The van der Waals surface area contributed by atoms with E-state index in [1.165, 1.54) is 4.31 Å². The third-order valence-electron chi connectivity index (χ3n) is 3.88. The molecule has 0 spiro atoms. The molecule has 0 amide bonds. The first kappa shape index (κ1) is 16.1. The zero-order valence-electron chi connectivity index (χ0n) is 12.6. The minimum Gasteiger partial charge on any atom is -0.378 e. The zero-order valence-corrected chi connectivity index (χ0v) is 13.4. The van der Waals surface area contributed by atoms with Gasteiger partial charge in [0.15, 0.2) is 0 Å². The van der Waals surface area contributed by atoms with Crippen LogP contribution in [0.25, 0.3) is 0 Å². The monoisotopic (exact) mass is 312 g/mol. The Morgan fingerprint density at radius 2 is 1.81 bits per heavy atom. The quantitative estimate of drug-likeness (QED) is 0.853. The smallest absolute Gasteiger partial charge is 0.301 e. The fourth-order valence-electron chi connectivity index (χ4n) is 2.43. The van der Waals surface area contributed by atoms with Gasteiger partial charge in [-0.3, -0.25) is 4.72 Å². The second kappa shape index (κ2) is 6.64. The first-order chi connectivity index (χ1) is 9.92. The zero-order chi connectivity index (χ0) is 15.5. The number of nitrogens with one attached hydrogen (secondary N) is 1. The topological polar surface area (TPSA) is 78.7 Å². The van der Waals surface area contributed by atoms with Crippen LogP contribution in [0.5, 0.6) is 0 Å². The highest BCUT2D eigenvalue weighted by Crippen LogP contribution is 2.21. The van der Waals surface area contributed by atoms with Gasteiger partial charge in [0.2, 0.25) is 0 Å². The number of hydrogen-bond donors (Lipinski definition) is 2. The summed E-state index contributed by atoms with van der Waals surface area (Å²) in [4.78, 5) is 1.97. The van der Waals surface area contributed by atoms with E-state index in [1.54, 1.807) is 12.1 Å². The van der Waals surface area contributed by atoms with Gasteiger partial charge in [-0.2, -0.15) is 12.7 Å². The van der Waals surface area contributed by atoms with E-state index in [-0.39, 0.29) is 0 Å². The second-order valence-electron chi connectivity index (χ2n) is 5.63. The van der Waals surface area contributed by atoms with Crippen LogP contribution in [0, 0.1) is 5.92 Å². The Labute approximate surface area is 127 Å². The highest BCUT2D eigenvalue weighted by molar-refractivity contribution is 7.90. The van der Waals surface area contributed by atoms with E-state index in [4.69, 9.17) is 5.73 Å². The molecule has 6 nitrogen and oxygen atoms in total. The van der Waals surface area contributed by atoms with Crippen LogP contribution >= 0.6 is 0 Å². The molecule has 3 N–H and O–H groups in total. The summed E-state index contributed by atoms with van der Waals surface area (Å²) < 4.78 is 28.8. The molecule has 1 saturated heterocycles. The summed E-state index contributed by atoms with van der Waals surface area (Å²) in [6.07, 6.45) is 1.66. The summed E-state index contributed by atoms with van der Waals surface area (Å²) in [5, 5.41) is 0. The lowest BCUT2D eigenvalue weighted by Gasteiger charge is -2.30. The van der Waals surface area contributed by atoms with Crippen molar-refractivity contribution in [3.63, 3.8) is 0 Å². The van der Waals surface area contributed by atoms with Crippen molar-refractivity contribution >= 4 is 21.6 Å². The standard InChI is InChI=1S/C14H24N4O2S/c1-17(2)14-5-3-13(4-6-14)16-21(19,20)18-9-7-12(11-15)8-10-18/h3-6,12,16H,7-11,15H2,1-2H3. The van der Waals surface area contributed by atoms with Gasteiger partial charge < -0.3 is 10.6 Å². The molecule has 1 aliphatic heterocycles. The van der Waals surface area contributed by atoms with Crippen molar-refractivity contribution in [3.8, 4) is 0 Å². The Hall–Kier alpha value is -1.31. The normalized spacial score (nSPS) is 17.7. The summed E-state index contributed by atoms with van der Waals surface area (Å²) >= 11 is 0. The molecular formula is C14H24N4O2S. The molecule has 1 aliphatic rings. The minimum atomic E-state index is -3.47. The second-order valence-corrected chi connectivity index (χ2v) is 7.30. The Kier molecular flexibility index (Phi) is 5.08. The minimum absolute atomic E-state index is 0.441. The van der Waals surface area contributed by atoms with Crippen LogP contribution in [-0.4, -0.2) is 46.5 Å². The molecule has 1 aromatic carbocycles. The summed E-state index contributed by atoms with van der Waals surface area (Å²) in [6.45, 7) is 1.70. The van der Waals surface area contributed by atoms with Crippen molar-refractivity contribution in [1.82, 2.24) is 4.31 Å². The summed E-state index contributed by atoms with van der Waals surface area (Å²) in [5.74, 6) is 0.441. The first-order valence-corrected chi connectivity index (χ1v) is 8.61. The predicted molar refractivity (Wildman–Crippen MR) is 86.7 cm³/mol. The molecule has 0 aliphatic carbocycles. The van der Waals surface area contributed by atoms with E-state index in [1.807, 2.05) is 31.1 Å². The SMILES string of the molecule is CN(C)c1ccc(NS(=O)(=O)N2CCC(CN)CC2)cc1. The molecule has 7 heteroatoms. The lowest BCUT2D eigenvalue weighted by atomic mass is 9.99. The average Bonchev–Trinajstić information content (AvgIpc) is 2.47. The van der Waals surface area contributed by atoms with Gasteiger partial charge in [-0.15, -0.1) is 0 Å². The number of rotatable bonds is 5. The van der Waals surface area contributed by atoms with Crippen LogP contribution in [0.4, 0.5) is 11.4 Å². The fraction of sp³-hybridized carbons (Fsp3) is 0.571. The van der Waals surface area contributed by atoms with Gasteiger partial charge in [0.05, 0.1) is 0 Å². The molecule has 1 fully saturated rings. The largest absolute Gasteiger partial charge is 0.378 e. The van der Waals surface area contributed by atoms with E-state index in [0.29, 0.717) is 31.2 Å². The molecule has 118 valence electrons. The number of nitrogens with zero attached hydrogens (tertiary/aromatic N) is 2. The van der Waals surface area contributed by atoms with Gasteiger partial charge in [0.1, 0.15) is 0 Å². The van der Waals surface area contributed by atoms with Crippen LogP contribution < -0.4 is 15.4 Å². The van der Waals surface area contributed by atoms with Crippen molar-refractivity contribution in [2.45, 2.75) is 12.8 Å². The van der Waals surface area contributed by atoms with Gasteiger partial charge in [-0.25, -0.2) is 0 Å². The van der Waals surface area contributed by atoms with Crippen molar-refractivity contribution in [3.05, 3.63) is 24.3 Å². The molecular weight excluding hydrogens is 288 g/mol. The highest BCUT2D eigenvalue weighted by Gasteiger charge is 2.27. The predicted octanol–water partition coefficient (Wildman–Crippen LogP) is 1.08. The Morgan fingerprint density at radius 1 is 1.24 bits per heavy atom. The first-order valence-electron chi connectivity index (χ1n) is 7.17. The molecule has 0 bridgehead atoms. The van der Waals surface area contributed by atoms with Gasteiger partial charge >= 0.3 is 10.2 Å². The lowest BCUT2D eigenvalue weighted by molar-refractivity contribution is 0.280. The summed E-state index contributed by atoms with van der Waals surface area (Å²) in [5.41, 5.74) is 7.25. The van der Waals surface area contributed by atoms with Crippen LogP contribution in [0.15, 0.2) is 24.3 Å². The van der Waals surface area contributed by atoms with Gasteiger partial charge in [-0.1, -0.05) is 0 Å². The van der Waals surface area contributed by atoms with Crippen LogP contribution in [0.1, 0.15) is 12.8 Å². The molecule has 0 saturated carbocycles. The number of nitrogens with two attached hydrogens (primary N) is 1. The number of hydrogen-bond acceptors (Lipinski definition) is 4. The van der Waals surface area contributed by atoms with Crippen LogP contribution in [0.2, 0.25) is 0 Å². The van der Waals surface area contributed by atoms with Gasteiger partial charge in [0.25, 0.3) is 0 Å².